The maximum Gasteiger partial charge on any atom is 0.265 e. The van der Waals surface area contributed by atoms with Gasteiger partial charge in [0.2, 0.25) is 0 Å². The van der Waals surface area contributed by atoms with Crippen molar-refractivity contribution in [1.29, 1.82) is 0 Å². The lowest BCUT2D eigenvalue weighted by Gasteiger charge is -2.18. The molecule has 1 amide bonds. The molecular formula is C22H24N4O3S2. The molecule has 162 valence electrons. The van der Waals surface area contributed by atoms with Gasteiger partial charge in [-0.25, -0.2) is 13.4 Å². The van der Waals surface area contributed by atoms with E-state index in [-0.39, 0.29) is 10.8 Å². The van der Waals surface area contributed by atoms with Gasteiger partial charge in [0.05, 0.1) is 17.1 Å². The van der Waals surface area contributed by atoms with Crippen LogP contribution in [-0.4, -0.2) is 48.4 Å². The summed E-state index contributed by atoms with van der Waals surface area (Å²) in [6.45, 7) is 3.85. The lowest BCUT2D eigenvalue weighted by Crippen LogP contribution is -2.28. The van der Waals surface area contributed by atoms with Crippen LogP contribution in [0.3, 0.4) is 0 Å². The van der Waals surface area contributed by atoms with E-state index in [1.807, 2.05) is 43.1 Å². The van der Waals surface area contributed by atoms with Crippen molar-refractivity contribution in [3.63, 3.8) is 0 Å². The number of likely N-dealkylation sites (tertiary alicyclic amines) is 1. The van der Waals surface area contributed by atoms with Crippen LogP contribution in [0.2, 0.25) is 0 Å². The average molecular weight is 457 g/mol. The van der Waals surface area contributed by atoms with Gasteiger partial charge in [-0.1, -0.05) is 18.2 Å². The second-order valence-corrected chi connectivity index (χ2v) is 10.9. The van der Waals surface area contributed by atoms with E-state index in [1.54, 1.807) is 16.8 Å². The van der Waals surface area contributed by atoms with Gasteiger partial charge in [-0.2, -0.15) is 0 Å². The number of aryl methyl sites for hydroxylation is 2. The molecule has 1 saturated heterocycles. The zero-order chi connectivity index (χ0) is 21.8. The number of amides is 1. The van der Waals surface area contributed by atoms with Gasteiger partial charge in [-0.05, 0) is 43.9 Å². The van der Waals surface area contributed by atoms with Crippen molar-refractivity contribution in [1.82, 2.24) is 14.5 Å². The first-order valence-electron chi connectivity index (χ1n) is 10.4. The van der Waals surface area contributed by atoms with Gasteiger partial charge < -0.3 is 9.47 Å². The highest BCUT2D eigenvalue weighted by Gasteiger charge is 2.32. The number of sulfonamides is 1. The number of aromatic nitrogens is 2. The van der Waals surface area contributed by atoms with Crippen LogP contribution in [0.15, 0.2) is 41.4 Å². The molecule has 31 heavy (non-hydrogen) atoms. The van der Waals surface area contributed by atoms with E-state index in [0.717, 1.165) is 37.2 Å². The Hall–Kier alpha value is -2.65. The highest BCUT2D eigenvalue weighted by Crippen LogP contribution is 2.36. The first-order valence-corrected chi connectivity index (χ1v) is 12.7. The van der Waals surface area contributed by atoms with Gasteiger partial charge in [-0.15, -0.1) is 11.3 Å². The zero-order valence-corrected chi connectivity index (χ0v) is 19.2. The fourth-order valence-electron chi connectivity index (χ4n) is 4.34. The molecule has 2 aromatic heterocycles. The molecule has 5 rings (SSSR count). The lowest BCUT2D eigenvalue weighted by molar-refractivity contribution is 0.0796. The fourth-order valence-corrected chi connectivity index (χ4v) is 7.01. The SMILES string of the molecule is Cc1nc(-c2cc(S(=O)(=O)N3CCc4ccccc43)cn2C)sc1C(=O)N1CCCC1. The maximum atomic E-state index is 13.4. The summed E-state index contributed by atoms with van der Waals surface area (Å²) in [6.07, 6.45) is 4.41. The molecule has 0 N–H and O–H groups in total. The summed E-state index contributed by atoms with van der Waals surface area (Å²) < 4.78 is 30.0. The molecule has 7 nitrogen and oxygen atoms in total. The van der Waals surface area contributed by atoms with Crippen molar-refractivity contribution >= 4 is 33.0 Å². The Labute approximate surface area is 186 Å². The Bertz CT molecular complexity index is 1270. The molecule has 0 bridgehead atoms. The van der Waals surface area contributed by atoms with Crippen molar-refractivity contribution in [2.24, 2.45) is 7.05 Å². The van der Waals surface area contributed by atoms with Crippen LogP contribution in [0.25, 0.3) is 10.7 Å². The van der Waals surface area contributed by atoms with Crippen LogP contribution in [-0.2, 0) is 23.5 Å². The molecule has 0 aliphatic carbocycles. The first kappa shape index (κ1) is 20.3. The smallest absolute Gasteiger partial charge is 0.265 e. The maximum absolute atomic E-state index is 13.4. The van der Waals surface area contributed by atoms with Gasteiger partial charge in [0.25, 0.3) is 15.9 Å². The van der Waals surface area contributed by atoms with Gasteiger partial charge in [0.1, 0.15) is 14.8 Å². The molecule has 3 aromatic rings. The topological polar surface area (TPSA) is 75.5 Å². The Balaban J connectivity index is 1.48. The van der Waals surface area contributed by atoms with Crippen molar-refractivity contribution in [2.45, 2.75) is 31.1 Å². The van der Waals surface area contributed by atoms with Crippen LogP contribution < -0.4 is 4.31 Å². The van der Waals surface area contributed by atoms with Crippen LogP contribution in [0.5, 0.6) is 0 Å². The molecule has 1 aromatic carbocycles. The number of para-hydroxylation sites is 1. The van der Waals surface area contributed by atoms with Gasteiger partial charge in [0, 0.05) is 32.9 Å². The third-order valence-electron chi connectivity index (χ3n) is 6.02. The molecule has 0 radical (unpaired) electrons. The molecule has 0 saturated carbocycles. The normalized spacial score (nSPS) is 16.2. The van der Waals surface area contributed by atoms with Crippen LogP contribution in [0.1, 0.15) is 33.8 Å². The van der Waals surface area contributed by atoms with E-state index in [9.17, 15) is 13.2 Å². The van der Waals surface area contributed by atoms with Crippen LogP contribution >= 0.6 is 11.3 Å². The average Bonchev–Trinajstić information content (AvgIpc) is 3.53. The highest BCUT2D eigenvalue weighted by atomic mass is 32.2. The Morgan fingerprint density at radius 3 is 2.65 bits per heavy atom. The monoisotopic (exact) mass is 456 g/mol. The molecule has 0 spiro atoms. The summed E-state index contributed by atoms with van der Waals surface area (Å²) in [5, 5.41) is 0.658. The Kier molecular flexibility index (Phi) is 4.90. The molecule has 1 fully saturated rings. The second kappa shape index (κ2) is 7.49. The Morgan fingerprint density at radius 2 is 1.87 bits per heavy atom. The summed E-state index contributed by atoms with van der Waals surface area (Å²) in [5.41, 5.74) is 3.18. The number of anilines is 1. The van der Waals surface area contributed by atoms with E-state index >= 15 is 0 Å². The van der Waals surface area contributed by atoms with Gasteiger partial charge >= 0.3 is 0 Å². The summed E-state index contributed by atoms with van der Waals surface area (Å²) >= 11 is 1.33. The van der Waals surface area contributed by atoms with E-state index in [0.29, 0.717) is 34.2 Å². The largest absolute Gasteiger partial charge is 0.347 e. The van der Waals surface area contributed by atoms with E-state index in [4.69, 9.17) is 0 Å². The molecule has 0 unspecified atom stereocenters. The third-order valence-corrected chi connectivity index (χ3v) is 8.96. The van der Waals surface area contributed by atoms with Gasteiger partial charge in [-0.3, -0.25) is 9.10 Å². The minimum atomic E-state index is -3.68. The molecule has 2 aliphatic rings. The number of hydrogen-bond donors (Lipinski definition) is 0. The molecule has 4 heterocycles. The standard InChI is InChI=1S/C22H24N4O3S2/c1-15-20(22(27)25-10-5-6-11-25)30-21(23-15)19-13-17(14-24(19)2)31(28,29)26-12-9-16-7-3-4-8-18(16)26/h3-4,7-8,13-14H,5-6,9-12H2,1-2H3. The number of hydrogen-bond acceptors (Lipinski definition) is 5. The van der Waals surface area contributed by atoms with Crippen molar-refractivity contribution in [2.75, 3.05) is 23.9 Å². The predicted molar refractivity (Wildman–Crippen MR) is 121 cm³/mol. The summed E-state index contributed by atoms with van der Waals surface area (Å²) in [7, 11) is -1.87. The molecule has 9 heteroatoms. The minimum absolute atomic E-state index is 0.0227. The third kappa shape index (κ3) is 3.36. The summed E-state index contributed by atoms with van der Waals surface area (Å²) in [4.78, 5) is 20.2. The molecule has 0 atom stereocenters. The quantitative estimate of drug-likeness (QED) is 0.603. The number of nitrogens with zero attached hydrogens (tertiary/aromatic N) is 4. The van der Waals surface area contributed by atoms with Crippen molar-refractivity contribution in [3.05, 3.63) is 52.7 Å². The zero-order valence-electron chi connectivity index (χ0n) is 17.5. The van der Waals surface area contributed by atoms with Crippen molar-refractivity contribution in [3.8, 4) is 10.7 Å². The number of thiazole rings is 1. The number of rotatable bonds is 4. The van der Waals surface area contributed by atoms with Gasteiger partial charge in [0.15, 0.2) is 0 Å². The molecular weight excluding hydrogens is 432 g/mol. The first-order chi connectivity index (χ1) is 14.9. The number of carbonyl (C=O) groups is 1. The van der Waals surface area contributed by atoms with Crippen LogP contribution in [0, 0.1) is 6.92 Å². The lowest BCUT2D eigenvalue weighted by atomic mass is 10.2. The van der Waals surface area contributed by atoms with E-state index in [2.05, 4.69) is 4.98 Å². The minimum Gasteiger partial charge on any atom is -0.347 e. The second-order valence-electron chi connectivity index (χ2n) is 8.06. The molecule has 2 aliphatic heterocycles. The van der Waals surface area contributed by atoms with Crippen LogP contribution in [0.4, 0.5) is 5.69 Å². The number of carbonyl (C=O) groups excluding carboxylic acids is 1. The Morgan fingerprint density at radius 1 is 1.13 bits per heavy atom. The van der Waals surface area contributed by atoms with E-state index in [1.165, 1.54) is 15.6 Å². The number of benzene rings is 1. The predicted octanol–water partition coefficient (Wildman–Crippen LogP) is 3.44. The number of fused-ring (bicyclic) bond motifs is 1. The highest BCUT2D eigenvalue weighted by molar-refractivity contribution is 7.92. The summed E-state index contributed by atoms with van der Waals surface area (Å²) in [5.74, 6) is 0.0227. The summed E-state index contributed by atoms with van der Waals surface area (Å²) in [6, 6.07) is 9.28. The van der Waals surface area contributed by atoms with E-state index < -0.39 is 10.0 Å². The van der Waals surface area contributed by atoms with Crippen molar-refractivity contribution < 1.29 is 13.2 Å². The fraction of sp³-hybridized carbons (Fsp3) is 0.364.